The van der Waals surface area contributed by atoms with E-state index in [-0.39, 0.29) is 12.4 Å². The molecular weight excluding hydrogens is 485 g/mol. The van der Waals surface area contributed by atoms with E-state index in [2.05, 4.69) is 15.4 Å². The Morgan fingerprint density at radius 2 is 1.91 bits per heavy atom. The first-order valence-electron chi connectivity index (χ1n) is 9.31. The number of benzene rings is 1. The number of aliphatic carboxylic acids is 1. The summed E-state index contributed by atoms with van der Waals surface area (Å²) in [6, 6.07) is 6.64. The van der Waals surface area contributed by atoms with Gasteiger partial charge in [-0.3, -0.25) is 4.79 Å². The standard InChI is InChI=1S/C20H21F3N4O2S2.ClH/c1-12-10-16(27(26-12)15-6-4-13(5-7-15)20(21,22)23)24-9-8-14-11-30-18(25-14)31-19(2,3)17(28)29;/h4-7,10-11,24H,8-9H2,1-3H3,(H,28,29);1H. The summed E-state index contributed by atoms with van der Waals surface area (Å²) in [5.74, 6) is -0.239. The topological polar surface area (TPSA) is 80.0 Å². The number of carboxylic acid groups (broad SMARTS) is 1. The Morgan fingerprint density at radius 1 is 1.25 bits per heavy atom. The number of nitrogens with one attached hydrogen (secondary N) is 1. The molecule has 32 heavy (non-hydrogen) atoms. The second-order valence-electron chi connectivity index (χ2n) is 7.33. The molecule has 1 aromatic carbocycles. The molecule has 6 nitrogen and oxygen atoms in total. The molecule has 174 valence electrons. The van der Waals surface area contributed by atoms with Crippen molar-refractivity contribution >= 4 is 47.3 Å². The molecule has 0 atom stereocenters. The molecule has 12 heteroatoms. The summed E-state index contributed by atoms with van der Waals surface area (Å²) in [5.41, 5.74) is 1.37. The number of nitrogens with zero attached hydrogens (tertiary/aromatic N) is 3. The van der Waals surface area contributed by atoms with Gasteiger partial charge in [0.2, 0.25) is 0 Å². The minimum absolute atomic E-state index is 0. The maximum Gasteiger partial charge on any atom is 0.416 e. The van der Waals surface area contributed by atoms with Gasteiger partial charge in [0.25, 0.3) is 0 Å². The number of alkyl halides is 3. The molecule has 0 spiro atoms. The maximum absolute atomic E-state index is 12.8. The van der Waals surface area contributed by atoms with Crippen LogP contribution in [0.15, 0.2) is 40.1 Å². The van der Waals surface area contributed by atoms with E-state index in [0.717, 1.165) is 23.5 Å². The first-order valence-corrected chi connectivity index (χ1v) is 11.0. The Kier molecular flexibility index (Phi) is 8.24. The zero-order valence-electron chi connectivity index (χ0n) is 17.4. The number of rotatable bonds is 8. The average molecular weight is 507 g/mol. The molecule has 0 radical (unpaired) electrons. The zero-order chi connectivity index (χ0) is 22.8. The minimum atomic E-state index is -4.38. The largest absolute Gasteiger partial charge is 0.480 e. The van der Waals surface area contributed by atoms with Gasteiger partial charge in [-0.05, 0) is 45.0 Å². The molecule has 0 amide bonds. The smallest absolute Gasteiger partial charge is 0.416 e. The third-order valence-corrected chi connectivity index (χ3v) is 6.52. The van der Waals surface area contributed by atoms with Gasteiger partial charge in [-0.2, -0.15) is 18.3 Å². The predicted octanol–water partition coefficient (Wildman–Crippen LogP) is 5.69. The van der Waals surface area contributed by atoms with Crippen molar-refractivity contribution in [3.8, 4) is 5.69 Å². The van der Waals surface area contributed by atoms with Gasteiger partial charge >= 0.3 is 12.1 Å². The fourth-order valence-corrected chi connectivity index (χ4v) is 4.87. The molecule has 0 unspecified atom stereocenters. The molecule has 2 aromatic heterocycles. The number of halogens is 4. The van der Waals surface area contributed by atoms with Crippen LogP contribution < -0.4 is 5.32 Å². The van der Waals surface area contributed by atoms with Gasteiger partial charge in [0.15, 0.2) is 4.34 Å². The number of hydrogen-bond donors (Lipinski definition) is 2. The molecule has 2 N–H and O–H groups in total. The third kappa shape index (κ3) is 6.39. The Balaban J connectivity index is 0.00000363. The number of aryl methyl sites for hydroxylation is 1. The zero-order valence-corrected chi connectivity index (χ0v) is 19.9. The lowest BCUT2D eigenvalue weighted by molar-refractivity contribution is -0.139. The summed E-state index contributed by atoms with van der Waals surface area (Å²) in [7, 11) is 0. The highest BCUT2D eigenvalue weighted by Gasteiger charge is 2.30. The fourth-order valence-electron chi connectivity index (χ4n) is 2.64. The number of carboxylic acids is 1. The van der Waals surface area contributed by atoms with Crippen LogP contribution >= 0.6 is 35.5 Å². The molecule has 3 rings (SSSR count). The van der Waals surface area contributed by atoms with Crippen molar-refractivity contribution in [1.29, 1.82) is 0 Å². The van der Waals surface area contributed by atoms with Gasteiger partial charge in [-0.15, -0.1) is 23.7 Å². The Bertz CT molecular complexity index is 1070. The van der Waals surface area contributed by atoms with Crippen LogP contribution in [0.1, 0.15) is 30.8 Å². The van der Waals surface area contributed by atoms with Crippen molar-refractivity contribution in [2.24, 2.45) is 0 Å². The monoisotopic (exact) mass is 506 g/mol. The van der Waals surface area contributed by atoms with Crippen molar-refractivity contribution in [3.05, 3.63) is 52.7 Å². The molecule has 0 aliphatic carbocycles. The van der Waals surface area contributed by atoms with E-state index in [1.165, 1.54) is 35.2 Å². The van der Waals surface area contributed by atoms with Crippen LogP contribution in [0.3, 0.4) is 0 Å². The van der Waals surface area contributed by atoms with Crippen molar-refractivity contribution < 1.29 is 23.1 Å². The molecule has 2 heterocycles. The lowest BCUT2D eigenvalue weighted by Crippen LogP contribution is -2.26. The van der Waals surface area contributed by atoms with Gasteiger partial charge < -0.3 is 10.4 Å². The summed E-state index contributed by atoms with van der Waals surface area (Å²) in [4.78, 5) is 15.7. The minimum Gasteiger partial charge on any atom is -0.480 e. The van der Waals surface area contributed by atoms with Gasteiger partial charge in [-0.25, -0.2) is 9.67 Å². The highest BCUT2D eigenvalue weighted by Crippen LogP contribution is 2.35. The first-order chi connectivity index (χ1) is 14.5. The number of aromatic nitrogens is 3. The van der Waals surface area contributed by atoms with E-state index in [9.17, 15) is 23.1 Å². The van der Waals surface area contributed by atoms with Crippen molar-refractivity contribution in [3.63, 3.8) is 0 Å². The molecule has 0 bridgehead atoms. The van der Waals surface area contributed by atoms with E-state index in [0.29, 0.717) is 28.8 Å². The van der Waals surface area contributed by atoms with Crippen LogP contribution in [-0.2, 0) is 17.4 Å². The number of thiazole rings is 1. The van der Waals surface area contributed by atoms with Crippen LogP contribution in [0.25, 0.3) is 5.69 Å². The van der Waals surface area contributed by atoms with Gasteiger partial charge in [-0.1, -0.05) is 11.8 Å². The summed E-state index contributed by atoms with van der Waals surface area (Å²) in [6.45, 7) is 5.60. The SMILES string of the molecule is Cc1cc(NCCc2csc(SC(C)(C)C(=O)O)n2)n(-c2ccc(C(F)(F)F)cc2)n1.Cl. The van der Waals surface area contributed by atoms with Crippen LogP contribution in [0.2, 0.25) is 0 Å². The summed E-state index contributed by atoms with van der Waals surface area (Å²) >= 11 is 2.60. The van der Waals surface area contributed by atoms with E-state index in [1.807, 2.05) is 11.4 Å². The molecule has 0 aliphatic rings. The highest BCUT2D eigenvalue weighted by molar-refractivity contribution is 8.02. The fraction of sp³-hybridized carbons (Fsp3) is 0.350. The van der Waals surface area contributed by atoms with Crippen LogP contribution in [0.5, 0.6) is 0 Å². The average Bonchev–Trinajstić information content (AvgIpc) is 3.27. The summed E-state index contributed by atoms with van der Waals surface area (Å²) in [6.07, 6.45) is -3.79. The van der Waals surface area contributed by atoms with Crippen molar-refractivity contribution in [2.75, 3.05) is 11.9 Å². The van der Waals surface area contributed by atoms with Gasteiger partial charge in [0, 0.05) is 24.4 Å². The second kappa shape index (κ2) is 10.1. The second-order valence-corrected chi connectivity index (χ2v) is 10.1. The summed E-state index contributed by atoms with van der Waals surface area (Å²) < 4.78 is 39.7. The molecule has 0 aliphatic heterocycles. The molecule has 0 saturated heterocycles. The molecule has 3 aromatic rings. The van der Waals surface area contributed by atoms with E-state index in [4.69, 9.17) is 0 Å². The Morgan fingerprint density at radius 3 is 2.50 bits per heavy atom. The van der Waals surface area contributed by atoms with E-state index < -0.39 is 22.5 Å². The predicted molar refractivity (Wildman–Crippen MR) is 122 cm³/mol. The first kappa shape index (κ1) is 26.0. The summed E-state index contributed by atoms with van der Waals surface area (Å²) in [5, 5.41) is 18.7. The Labute approximate surface area is 197 Å². The maximum atomic E-state index is 12.8. The highest BCUT2D eigenvalue weighted by atomic mass is 35.5. The van der Waals surface area contributed by atoms with Gasteiger partial charge in [0.05, 0.1) is 22.6 Å². The Hall–Kier alpha value is -2.24. The molecule has 0 saturated carbocycles. The van der Waals surface area contributed by atoms with E-state index in [1.54, 1.807) is 25.5 Å². The number of carbonyl (C=O) groups is 1. The van der Waals surface area contributed by atoms with E-state index >= 15 is 0 Å². The lowest BCUT2D eigenvalue weighted by atomic mass is 10.2. The van der Waals surface area contributed by atoms with Crippen LogP contribution in [0.4, 0.5) is 19.0 Å². The van der Waals surface area contributed by atoms with Crippen molar-refractivity contribution in [1.82, 2.24) is 14.8 Å². The molecule has 0 fully saturated rings. The quantitative estimate of drug-likeness (QED) is 0.382. The molecular formula is C20H22ClF3N4O2S2. The van der Waals surface area contributed by atoms with Crippen molar-refractivity contribution in [2.45, 2.75) is 42.5 Å². The normalized spacial score (nSPS) is 11.8. The van der Waals surface area contributed by atoms with Crippen LogP contribution in [-0.4, -0.2) is 37.1 Å². The van der Waals surface area contributed by atoms with Crippen LogP contribution in [0, 0.1) is 6.92 Å². The number of thioether (sulfide) groups is 1. The van der Waals surface area contributed by atoms with Gasteiger partial charge in [0.1, 0.15) is 10.6 Å². The lowest BCUT2D eigenvalue weighted by Gasteiger charge is -2.15. The number of hydrogen-bond acceptors (Lipinski definition) is 6. The number of anilines is 1. The third-order valence-electron chi connectivity index (χ3n) is 4.35.